The number of esters is 1. The van der Waals surface area contributed by atoms with Crippen molar-refractivity contribution in [3.8, 4) is 0 Å². The number of hydrogen-bond donors (Lipinski definition) is 1. The minimum atomic E-state index is -0.763. The van der Waals surface area contributed by atoms with Crippen LogP contribution in [0.2, 0.25) is 0 Å². The van der Waals surface area contributed by atoms with Gasteiger partial charge in [-0.05, 0) is 37.1 Å². The van der Waals surface area contributed by atoms with Crippen LogP contribution in [0.25, 0.3) is 5.70 Å². The maximum absolute atomic E-state index is 13.7. The molecule has 3 rings (SSSR count). The van der Waals surface area contributed by atoms with Gasteiger partial charge >= 0.3 is 5.97 Å². The van der Waals surface area contributed by atoms with Crippen LogP contribution in [0.4, 0.5) is 4.39 Å². The zero-order valence-corrected chi connectivity index (χ0v) is 13.1. The van der Waals surface area contributed by atoms with Crippen LogP contribution >= 0.6 is 0 Å². The summed E-state index contributed by atoms with van der Waals surface area (Å²) < 4.78 is 18.9. The lowest BCUT2D eigenvalue weighted by Gasteiger charge is -2.29. The van der Waals surface area contributed by atoms with Crippen LogP contribution in [0.1, 0.15) is 30.5 Å². The van der Waals surface area contributed by atoms with Gasteiger partial charge in [0.1, 0.15) is 5.82 Å². The fourth-order valence-corrected chi connectivity index (χ4v) is 3.30. The first-order chi connectivity index (χ1) is 11.0. The molecule has 118 valence electrons. The molecule has 2 aromatic carbocycles. The van der Waals surface area contributed by atoms with Gasteiger partial charge in [0.25, 0.3) is 0 Å². The molecular weight excluding hydrogens is 293 g/mol. The summed E-state index contributed by atoms with van der Waals surface area (Å²) in [5, 5.41) is 0. The van der Waals surface area contributed by atoms with Gasteiger partial charge in [-0.2, -0.15) is 0 Å². The Morgan fingerprint density at radius 1 is 1.22 bits per heavy atom. The molecule has 3 nitrogen and oxygen atoms in total. The highest BCUT2D eigenvalue weighted by Gasteiger charge is 2.46. The van der Waals surface area contributed by atoms with E-state index in [0.29, 0.717) is 11.1 Å². The minimum absolute atomic E-state index is 0.255. The van der Waals surface area contributed by atoms with Gasteiger partial charge in [-0.3, -0.25) is 0 Å². The topological polar surface area (TPSA) is 52.3 Å². The first-order valence-electron chi connectivity index (χ1n) is 7.53. The standard InChI is InChI=1S/C19H18FNO2/c1-3-23-18(22)16-17(21)14-11-13(20)9-10-15(14)19(16,2)12-7-5-4-6-8-12/h4-11H,3,21H2,1-2H3. The van der Waals surface area contributed by atoms with Crippen LogP contribution in [0.3, 0.4) is 0 Å². The van der Waals surface area contributed by atoms with Crippen molar-refractivity contribution in [2.45, 2.75) is 19.3 Å². The van der Waals surface area contributed by atoms with E-state index in [0.717, 1.165) is 11.1 Å². The summed E-state index contributed by atoms with van der Waals surface area (Å²) in [6.45, 7) is 3.92. The normalized spacial score (nSPS) is 19.6. The summed E-state index contributed by atoms with van der Waals surface area (Å²) in [5.41, 5.74) is 8.38. The van der Waals surface area contributed by atoms with Crippen LogP contribution < -0.4 is 5.73 Å². The molecule has 0 radical (unpaired) electrons. The van der Waals surface area contributed by atoms with Gasteiger partial charge in [-0.1, -0.05) is 36.4 Å². The molecule has 0 spiro atoms. The molecular formula is C19H18FNO2. The highest BCUT2D eigenvalue weighted by atomic mass is 19.1. The maximum atomic E-state index is 13.7. The van der Waals surface area contributed by atoms with Gasteiger partial charge in [0.2, 0.25) is 0 Å². The van der Waals surface area contributed by atoms with Crippen LogP contribution in [-0.2, 0) is 14.9 Å². The van der Waals surface area contributed by atoms with E-state index < -0.39 is 11.4 Å². The number of nitrogens with two attached hydrogens (primary N) is 1. The Hall–Kier alpha value is -2.62. The number of hydrogen-bond acceptors (Lipinski definition) is 3. The van der Waals surface area contributed by atoms with E-state index in [1.165, 1.54) is 12.1 Å². The summed E-state index contributed by atoms with van der Waals surface area (Å²) in [5.74, 6) is -0.847. The van der Waals surface area contributed by atoms with Gasteiger partial charge in [-0.15, -0.1) is 0 Å². The Bertz CT molecular complexity index is 798. The molecule has 1 atom stereocenters. The Balaban J connectivity index is 2.29. The highest BCUT2D eigenvalue weighted by molar-refractivity contribution is 6.04. The fourth-order valence-electron chi connectivity index (χ4n) is 3.30. The van der Waals surface area contributed by atoms with Crippen molar-refractivity contribution in [2.75, 3.05) is 6.61 Å². The van der Waals surface area contributed by atoms with E-state index in [4.69, 9.17) is 10.5 Å². The quantitative estimate of drug-likeness (QED) is 0.884. The molecule has 0 aliphatic heterocycles. The Morgan fingerprint density at radius 2 is 1.91 bits per heavy atom. The molecule has 23 heavy (non-hydrogen) atoms. The van der Waals surface area contributed by atoms with Crippen molar-refractivity contribution < 1.29 is 13.9 Å². The predicted octanol–water partition coefficient (Wildman–Crippen LogP) is 3.38. The lowest BCUT2D eigenvalue weighted by Crippen LogP contribution is -2.30. The SMILES string of the molecule is CCOC(=O)C1=C(N)c2cc(F)ccc2C1(C)c1ccccc1. The molecule has 0 saturated heterocycles. The number of carbonyl (C=O) groups excluding carboxylic acids is 1. The molecule has 1 unspecified atom stereocenters. The van der Waals surface area contributed by atoms with Crippen LogP contribution in [0.15, 0.2) is 54.1 Å². The monoisotopic (exact) mass is 311 g/mol. The van der Waals surface area contributed by atoms with Crippen LogP contribution in [-0.4, -0.2) is 12.6 Å². The van der Waals surface area contributed by atoms with Gasteiger partial charge < -0.3 is 10.5 Å². The Kier molecular flexibility index (Phi) is 3.68. The molecule has 1 aliphatic rings. The van der Waals surface area contributed by atoms with Crippen molar-refractivity contribution in [1.82, 2.24) is 0 Å². The zero-order valence-electron chi connectivity index (χ0n) is 13.1. The fraction of sp³-hybridized carbons (Fsp3) is 0.211. The van der Waals surface area contributed by atoms with Gasteiger partial charge in [-0.25, -0.2) is 9.18 Å². The number of rotatable bonds is 3. The second-order valence-corrected chi connectivity index (χ2v) is 5.69. The van der Waals surface area contributed by atoms with Crippen LogP contribution in [0.5, 0.6) is 0 Å². The molecule has 0 aromatic heterocycles. The summed E-state index contributed by atoms with van der Waals surface area (Å²) in [6.07, 6.45) is 0. The molecule has 0 bridgehead atoms. The van der Waals surface area contributed by atoms with Gasteiger partial charge in [0, 0.05) is 5.56 Å². The Morgan fingerprint density at radius 3 is 2.57 bits per heavy atom. The molecule has 0 fully saturated rings. The smallest absolute Gasteiger partial charge is 0.337 e. The summed E-state index contributed by atoms with van der Waals surface area (Å²) in [6, 6.07) is 14.0. The number of fused-ring (bicyclic) bond motifs is 1. The van der Waals surface area contributed by atoms with Crippen molar-refractivity contribution in [3.05, 3.63) is 76.6 Å². The average molecular weight is 311 g/mol. The number of halogens is 1. The number of ether oxygens (including phenoxy) is 1. The first kappa shape index (κ1) is 15.3. The summed E-state index contributed by atoms with van der Waals surface area (Å²) in [7, 11) is 0. The second-order valence-electron chi connectivity index (χ2n) is 5.69. The van der Waals surface area contributed by atoms with Crippen molar-refractivity contribution in [2.24, 2.45) is 5.73 Å². The third-order valence-corrected chi connectivity index (χ3v) is 4.41. The minimum Gasteiger partial charge on any atom is -0.463 e. The van der Waals surface area contributed by atoms with E-state index in [2.05, 4.69) is 0 Å². The summed E-state index contributed by atoms with van der Waals surface area (Å²) in [4.78, 5) is 12.5. The van der Waals surface area contributed by atoms with Gasteiger partial charge in [0.05, 0.1) is 23.3 Å². The van der Waals surface area contributed by atoms with Crippen molar-refractivity contribution >= 4 is 11.7 Å². The number of carbonyl (C=O) groups is 1. The van der Waals surface area contributed by atoms with Crippen molar-refractivity contribution in [3.63, 3.8) is 0 Å². The van der Waals surface area contributed by atoms with E-state index in [1.54, 1.807) is 13.0 Å². The maximum Gasteiger partial charge on any atom is 0.337 e. The highest BCUT2D eigenvalue weighted by Crippen LogP contribution is 2.49. The summed E-state index contributed by atoms with van der Waals surface area (Å²) >= 11 is 0. The van der Waals surface area contributed by atoms with E-state index in [-0.39, 0.29) is 18.1 Å². The third-order valence-electron chi connectivity index (χ3n) is 4.41. The molecule has 0 amide bonds. The largest absolute Gasteiger partial charge is 0.463 e. The van der Waals surface area contributed by atoms with Crippen molar-refractivity contribution in [1.29, 1.82) is 0 Å². The van der Waals surface area contributed by atoms with Crippen LogP contribution in [0, 0.1) is 5.82 Å². The molecule has 4 heteroatoms. The van der Waals surface area contributed by atoms with E-state index in [1.807, 2.05) is 37.3 Å². The van der Waals surface area contributed by atoms with Gasteiger partial charge in [0.15, 0.2) is 0 Å². The molecule has 2 N–H and O–H groups in total. The average Bonchev–Trinajstić information content (AvgIpc) is 2.77. The van der Waals surface area contributed by atoms with E-state index >= 15 is 0 Å². The second kappa shape index (κ2) is 5.54. The zero-order chi connectivity index (χ0) is 16.6. The van der Waals surface area contributed by atoms with E-state index in [9.17, 15) is 9.18 Å². The Labute approximate surface area is 134 Å². The molecule has 0 heterocycles. The number of benzene rings is 2. The third kappa shape index (κ3) is 2.22. The molecule has 0 saturated carbocycles. The molecule has 2 aromatic rings. The molecule has 1 aliphatic carbocycles. The first-order valence-corrected chi connectivity index (χ1v) is 7.53. The lowest BCUT2D eigenvalue weighted by molar-refractivity contribution is -0.139. The predicted molar refractivity (Wildman–Crippen MR) is 87.0 cm³/mol. The lowest BCUT2D eigenvalue weighted by atomic mass is 9.73.